The van der Waals surface area contributed by atoms with Crippen LogP contribution in [0, 0.1) is 10.1 Å². The van der Waals surface area contributed by atoms with Gasteiger partial charge in [-0.3, -0.25) is 14.3 Å². The smallest absolute Gasteiger partial charge is 0.329 e. The van der Waals surface area contributed by atoms with Crippen LogP contribution >= 0.6 is 0 Å². The molecule has 1 heterocycles. The van der Waals surface area contributed by atoms with Crippen molar-refractivity contribution in [3.05, 3.63) is 16.3 Å². The summed E-state index contributed by atoms with van der Waals surface area (Å²) in [6, 6.07) is -0.0676. The Balaban J connectivity index is 2.86. The van der Waals surface area contributed by atoms with E-state index in [0.29, 0.717) is 24.7 Å². The Morgan fingerprint density at radius 1 is 1.55 bits per heavy atom. The second kappa shape index (κ2) is 7.73. The SMILES string of the molecule is CCNc1ncc([N+](=O)[O-])c(NC(C)CCS(C)=O)n1. The van der Waals surface area contributed by atoms with E-state index in [9.17, 15) is 14.3 Å². The molecular formula is C11H19N5O3S. The first-order chi connectivity index (χ1) is 9.43. The van der Waals surface area contributed by atoms with E-state index in [1.165, 1.54) is 6.20 Å². The summed E-state index contributed by atoms with van der Waals surface area (Å²) >= 11 is 0. The molecule has 0 aromatic carbocycles. The second-order valence-corrected chi connectivity index (χ2v) is 5.88. The lowest BCUT2D eigenvalue weighted by Gasteiger charge is -2.14. The molecule has 9 heteroatoms. The average Bonchev–Trinajstić information content (AvgIpc) is 2.36. The van der Waals surface area contributed by atoms with Crippen LogP contribution in [0.2, 0.25) is 0 Å². The molecule has 1 aromatic rings. The highest BCUT2D eigenvalue weighted by Crippen LogP contribution is 2.23. The van der Waals surface area contributed by atoms with Crippen molar-refractivity contribution >= 4 is 28.3 Å². The number of hydrogen-bond acceptors (Lipinski definition) is 7. The van der Waals surface area contributed by atoms with Gasteiger partial charge in [0, 0.05) is 35.4 Å². The standard InChI is InChI=1S/C11H19N5O3S/c1-4-12-11-13-7-9(16(17)18)10(15-11)14-8(2)5-6-20(3)19/h7-8H,4-6H2,1-3H3,(H2,12,13,14,15). The summed E-state index contributed by atoms with van der Waals surface area (Å²) in [7, 11) is -0.885. The summed E-state index contributed by atoms with van der Waals surface area (Å²) in [4.78, 5) is 18.4. The predicted octanol–water partition coefficient (Wildman–Crippen LogP) is 1.39. The molecule has 0 aliphatic heterocycles. The highest BCUT2D eigenvalue weighted by Gasteiger charge is 2.18. The monoisotopic (exact) mass is 301 g/mol. The van der Waals surface area contributed by atoms with Gasteiger partial charge in [-0.25, -0.2) is 4.98 Å². The lowest BCUT2D eigenvalue weighted by molar-refractivity contribution is -0.384. The Morgan fingerprint density at radius 3 is 2.80 bits per heavy atom. The molecule has 0 amide bonds. The fraction of sp³-hybridized carbons (Fsp3) is 0.636. The zero-order chi connectivity index (χ0) is 15.1. The number of nitrogens with one attached hydrogen (secondary N) is 2. The molecule has 2 atom stereocenters. The Hall–Kier alpha value is -1.77. The van der Waals surface area contributed by atoms with E-state index in [1.807, 2.05) is 13.8 Å². The van der Waals surface area contributed by atoms with Gasteiger partial charge < -0.3 is 10.6 Å². The molecule has 0 spiro atoms. The molecule has 0 saturated heterocycles. The molecule has 2 unspecified atom stereocenters. The van der Waals surface area contributed by atoms with E-state index in [1.54, 1.807) is 6.26 Å². The van der Waals surface area contributed by atoms with E-state index < -0.39 is 15.7 Å². The van der Waals surface area contributed by atoms with Crippen molar-refractivity contribution < 1.29 is 9.13 Å². The molecule has 0 aliphatic carbocycles. The quantitative estimate of drug-likeness (QED) is 0.551. The van der Waals surface area contributed by atoms with Gasteiger partial charge in [-0.1, -0.05) is 0 Å². The molecule has 20 heavy (non-hydrogen) atoms. The first-order valence-corrected chi connectivity index (χ1v) is 7.98. The topological polar surface area (TPSA) is 110 Å². The third-order valence-corrected chi connectivity index (χ3v) is 3.33. The summed E-state index contributed by atoms with van der Waals surface area (Å²) in [5.74, 6) is 1.05. The Bertz CT molecular complexity index is 497. The van der Waals surface area contributed by atoms with E-state index in [2.05, 4.69) is 20.6 Å². The van der Waals surface area contributed by atoms with Crippen molar-refractivity contribution in [1.29, 1.82) is 0 Å². The number of nitrogens with zero attached hydrogens (tertiary/aromatic N) is 3. The van der Waals surface area contributed by atoms with Gasteiger partial charge in [-0.05, 0) is 20.3 Å². The minimum absolute atomic E-state index is 0.0676. The molecule has 0 saturated carbocycles. The number of anilines is 2. The first kappa shape index (κ1) is 16.3. The van der Waals surface area contributed by atoms with Crippen molar-refractivity contribution in [2.24, 2.45) is 0 Å². The summed E-state index contributed by atoms with van der Waals surface area (Å²) in [6.07, 6.45) is 3.45. The average molecular weight is 301 g/mol. The zero-order valence-electron chi connectivity index (χ0n) is 11.8. The molecule has 0 aliphatic rings. The van der Waals surface area contributed by atoms with Crippen LogP contribution in [0.1, 0.15) is 20.3 Å². The van der Waals surface area contributed by atoms with Gasteiger partial charge in [-0.15, -0.1) is 0 Å². The van der Waals surface area contributed by atoms with Crippen LogP contribution in [0.5, 0.6) is 0 Å². The minimum atomic E-state index is -0.885. The van der Waals surface area contributed by atoms with Gasteiger partial charge in [0.1, 0.15) is 6.20 Å². The molecule has 1 rings (SSSR count). The predicted molar refractivity (Wildman–Crippen MR) is 79.5 cm³/mol. The molecule has 8 nitrogen and oxygen atoms in total. The fourth-order valence-corrected chi connectivity index (χ4v) is 2.19. The van der Waals surface area contributed by atoms with Crippen molar-refractivity contribution in [3.63, 3.8) is 0 Å². The second-order valence-electron chi connectivity index (χ2n) is 4.33. The first-order valence-electron chi connectivity index (χ1n) is 6.25. The maximum absolute atomic E-state index is 11.1. The van der Waals surface area contributed by atoms with E-state index in [-0.39, 0.29) is 17.5 Å². The minimum Gasteiger partial charge on any atom is -0.362 e. The summed E-state index contributed by atoms with van der Waals surface area (Å²) < 4.78 is 11.1. The molecule has 2 N–H and O–H groups in total. The molecular weight excluding hydrogens is 282 g/mol. The summed E-state index contributed by atoms with van der Waals surface area (Å²) in [5, 5.41) is 16.8. The highest BCUT2D eigenvalue weighted by atomic mass is 32.2. The van der Waals surface area contributed by atoms with Crippen molar-refractivity contribution in [3.8, 4) is 0 Å². The van der Waals surface area contributed by atoms with Crippen molar-refractivity contribution in [2.75, 3.05) is 29.2 Å². The molecule has 0 radical (unpaired) electrons. The molecule has 0 bridgehead atoms. The Labute approximate surface area is 120 Å². The highest BCUT2D eigenvalue weighted by molar-refractivity contribution is 7.84. The van der Waals surface area contributed by atoms with Crippen LogP contribution < -0.4 is 10.6 Å². The molecule has 1 aromatic heterocycles. The maximum Gasteiger partial charge on any atom is 0.329 e. The Kier molecular flexibility index (Phi) is 6.29. The third-order valence-electron chi connectivity index (χ3n) is 2.52. The normalized spacial score (nSPS) is 13.6. The molecule has 0 fully saturated rings. The van der Waals surface area contributed by atoms with Gasteiger partial charge in [0.25, 0.3) is 0 Å². The van der Waals surface area contributed by atoms with Crippen LogP contribution in [0.25, 0.3) is 0 Å². The van der Waals surface area contributed by atoms with Crippen molar-refractivity contribution in [1.82, 2.24) is 9.97 Å². The van der Waals surface area contributed by atoms with Gasteiger partial charge >= 0.3 is 5.69 Å². The van der Waals surface area contributed by atoms with Gasteiger partial charge in [-0.2, -0.15) is 4.98 Å². The van der Waals surface area contributed by atoms with Gasteiger partial charge in [0.05, 0.1) is 4.92 Å². The maximum atomic E-state index is 11.1. The number of rotatable bonds is 8. The lowest BCUT2D eigenvalue weighted by atomic mass is 10.2. The van der Waals surface area contributed by atoms with Crippen LogP contribution in [-0.2, 0) is 10.8 Å². The largest absolute Gasteiger partial charge is 0.362 e. The number of aromatic nitrogens is 2. The van der Waals surface area contributed by atoms with Crippen molar-refractivity contribution in [2.45, 2.75) is 26.3 Å². The fourth-order valence-electron chi connectivity index (χ4n) is 1.51. The number of nitro groups is 1. The van der Waals surface area contributed by atoms with E-state index in [0.717, 1.165) is 0 Å². The summed E-state index contributed by atoms with van der Waals surface area (Å²) in [5.41, 5.74) is -0.170. The van der Waals surface area contributed by atoms with Gasteiger partial charge in [0.2, 0.25) is 11.8 Å². The van der Waals surface area contributed by atoms with Gasteiger partial charge in [0.15, 0.2) is 0 Å². The number of hydrogen-bond donors (Lipinski definition) is 2. The van der Waals surface area contributed by atoms with Crippen LogP contribution in [0.4, 0.5) is 17.5 Å². The zero-order valence-corrected chi connectivity index (χ0v) is 12.6. The Morgan fingerprint density at radius 2 is 2.25 bits per heavy atom. The van der Waals surface area contributed by atoms with E-state index >= 15 is 0 Å². The van der Waals surface area contributed by atoms with Crippen LogP contribution in [-0.4, -0.2) is 43.7 Å². The summed E-state index contributed by atoms with van der Waals surface area (Å²) in [6.45, 7) is 4.38. The van der Waals surface area contributed by atoms with Crippen LogP contribution in [0.15, 0.2) is 6.20 Å². The third kappa shape index (κ3) is 5.08. The van der Waals surface area contributed by atoms with Crippen LogP contribution in [0.3, 0.4) is 0 Å². The molecule has 112 valence electrons. The van der Waals surface area contributed by atoms with E-state index in [4.69, 9.17) is 0 Å². The lowest BCUT2D eigenvalue weighted by Crippen LogP contribution is -2.20.